The molecule has 1 unspecified atom stereocenters. The summed E-state index contributed by atoms with van der Waals surface area (Å²) in [6, 6.07) is 0. The number of thiol groups is 1. The average molecular weight is 321 g/mol. The number of aryl methyl sites for hydroxylation is 1. The first kappa shape index (κ1) is 15.4. The van der Waals surface area contributed by atoms with Gasteiger partial charge in [-0.3, -0.25) is 14.3 Å². The molecule has 10 heteroatoms. The van der Waals surface area contributed by atoms with Gasteiger partial charge in [0, 0.05) is 28.0 Å². The lowest BCUT2D eigenvalue weighted by Gasteiger charge is -2.14. The molecule has 0 amide bonds. The van der Waals surface area contributed by atoms with E-state index in [0.717, 1.165) is 0 Å². The molecule has 4 atom stereocenters. The van der Waals surface area contributed by atoms with Crippen molar-refractivity contribution in [1.82, 2.24) is 9.55 Å². The summed E-state index contributed by atoms with van der Waals surface area (Å²) in [6.45, 7) is 1.49. The summed E-state index contributed by atoms with van der Waals surface area (Å²) in [5.41, 5.74) is -0.619. The molecular weight excluding hydrogens is 307 g/mol. The summed E-state index contributed by atoms with van der Waals surface area (Å²) in [6.07, 6.45) is 0.742. The van der Waals surface area contributed by atoms with E-state index in [9.17, 15) is 14.2 Å². The molecule has 1 aromatic heterocycles. The number of H-pyrrole nitrogens is 1. The minimum absolute atomic E-state index is 0.0898. The summed E-state index contributed by atoms with van der Waals surface area (Å²) in [5.74, 6) is 0. The van der Waals surface area contributed by atoms with Gasteiger partial charge in [-0.2, -0.15) is 12.6 Å². The van der Waals surface area contributed by atoms with Gasteiger partial charge in [0.2, 0.25) is 0 Å². The molecule has 1 aliphatic rings. The van der Waals surface area contributed by atoms with Crippen LogP contribution in [0.2, 0.25) is 0 Å². The quantitative estimate of drug-likeness (QED) is 0.536. The largest absolute Gasteiger partial charge is 0.694 e. The van der Waals surface area contributed by atoms with Crippen molar-refractivity contribution >= 4 is 20.9 Å². The zero-order valence-electron chi connectivity index (χ0n) is 10.6. The van der Waals surface area contributed by atoms with Gasteiger partial charge in [-0.1, -0.05) is 0 Å². The van der Waals surface area contributed by atoms with Crippen LogP contribution in [-0.2, 0) is 13.8 Å². The molecule has 1 fully saturated rings. The Balaban J connectivity index is 2.16. The molecule has 0 aromatic carbocycles. The Morgan fingerprint density at radius 2 is 2.35 bits per heavy atom. The van der Waals surface area contributed by atoms with Gasteiger partial charge in [0.1, 0.15) is 18.9 Å². The Bertz CT molecular complexity index is 629. The fourth-order valence-electron chi connectivity index (χ4n) is 1.97. The van der Waals surface area contributed by atoms with Gasteiger partial charge in [-0.25, -0.2) is 4.79 Å². The van der Waals surface area contributed by atoms with Crippen molar-refractivity contribution in [3.8, 4) is 0 Å². The molecule has 2 rings (SSSR count). The topological polar surface area (TPSA) is 111 Å². The molecule has 0 saturated carbocycles. The number of hydrogen-bond acceptors (Lipinski definition) is 6. The number of nitrogens with one attached hydrogen (secondary N) is 1. The van der Waals surface area contributed by atoms with Crippen LogP contribution in [0.1, 0.15) is 18.2 Å². The Hall–Kier alpha value is -0.990. The van der Waals surface area contributed by atoms with E-state index in [2.05, 4.69) is 22.1 Å². The van der Waals surface area contributed by atoms with Gasteiger partial charge >= 0.3 is 13.9 Å². The second-order valence-corrected chi connectivity index (χ2v) is 5.84. The lowest BCUT2D eigenvalue weighted by molar-refractivity contribution is -0.0195. The smallest absolute Gasteiger partial charge is 0.351 e. The van der Waals surface area contributed by atoms with Crippen molar-refractivity contribution in [2.45, 2.75) is 30.9 Å². The summed E-state index contributed by atoms with van der Waals surface area (Å²) in [7, 11) is -2.70. The molecular formula is C10H14N2O6PS+. The van der Waals surface area contributed by atoms with E-state index in [1.54, 1.807) is 6.92 Å². The van der Waals surface area contributed by atoms with E-state index in [1.807, 2.05) is 0 Å². The van der Waals surface area contributed by atoms with Gasteiger partial charge in [-0.15, -0.1) is 9.42 Å². The fourth-order valence-corrected chi connectivity index (χ4v) is 2.58. The Morgan fingerprint density at radius 3 is 3.00 bits per heavy atom. The SMILES string of the molecule is Cc1cn([C@H]2C[C@H](S)[C@@H](CO[P+](=O)O)O2)c(=O)[nH]c1=O. The molecule has 0 radical (unpaired) electrons. The highest BCUT2D eigenvalue weighted by Gasteiger charge is 2.36. The summed E-state index contributed by atoms with van der Waals surface area (Å²) >= 11 is 4.31. The van der Waals surface area contributed by atoms with Crippen LogP contribution in [-0.4, -0.2) is 32.4 Å². The maximum Gasteiger partial charge on any atom is 0.694 e. The van der Waals surface area contributed by atoms with Crippen LogP contribution in [0.15, 0.2) is 15.8 Å². The minimum atomic E-state index is -2.70. The first-order valence-electron chi connectivity index (χ1n) is 5.83. The fraction of sp³-hybridized carbons (Fsp3) is 0.600. The normalized spacial score (nSPS) is 26.8. The number of ether oxygens (including phenoxy) is 1. The van der Waals surface area contributed by atoms with E-state index in [1.165, 1.54) is 10.8 Å². The van der Waals surface area contributed by atoms with Gasteiger partial charge in [0.15, 0.2) is 0 Å². The number of nitrogens with zero attached hydrogens (tertiary/aromatic N) is 1. The molecule has 1 aromatic rings. The third kappa shape index (κ3) is 3.36. The summed E-state index contributed by atoms with van der Waals surface area (Å²) in [5, 5.41) is -0.242. The van der Waals surface area contributed by atoms with Crippen LogP contribution in [0, 0.1) is 6.92 Å². The van der Waals surface area contributed by atoms with Crippen molar-refractivity contribution in [2.24, 2.45) is 0 Å². The third-order valence-corrected chi connectivity index (χ3v) is 3.92. The van der Waals surface area contributed by atoms with E-state index < -0.39 is 31.8 Å². The van der Waals surface area contributed by atoms with Crippen LogP contribution >= 0.6 is 20.9 Å². The third-order valence-electron chi connectivity index (χ3n) is 3.01. The first-order chi connectivity index (χ1) is 9.38. The van der Waals surface area contributed by atoms with Crippen LogP contribution in [0.5, 0.6) is 0 Å². The molecule has 2 heterocycles. The van der Waals surface area contributed by atoms with Crippen LogP contribution in [0.3, 0.4) is 0 Å². The molecule has 0 aliphatic carbocycles. The highest BCUT2D eigenvalue weighted by Crippen LogP contribution is 2.32. The molecule has 20 heavy (non-hydrogen) atoms. The van der Waals surface area contributed by atoms with Crippen molar-refractivity contribution in [1.29, 1.82) is 0 Å². The second-order valence-electron chi connectivity index (χ2n) is 4.44. The molecule has 1 aliphatic heterocycles. The molecule has 1 saturated heterocycles. The van der Waals surface area contributed by atoms with Gasteiger partial charge in [0.05, 0.1) is 0 Å². The van der Waals surface area contributed by atoms with E-state index in [0.29, 0.717) is 12.0 Å². The predicted octanol–water partition coefficient (Wildman–Crippen LogP) is 0.0972. The Kier molecular flexibility index (Phi) is 4.77. The number of aromatic nitrogens is 2. The Morgan fingerprint density at radius 1 is 1.65 bits per heavy atom. The minimum Gasteiger partial charge on any atom is -0.351 e. The highest BCUT2D eigenvalue weighted by molar-refractivity contribution is 7.81. The van der Waals surface area contributed by atoms with Gasteiger partial charge in [-0.05, 0) is 6.92 Å². The molecule has 0 bridgehead atoms. The van der Waals surface area contributed by atoms with Gasteiger partial charge < -0.3 is 4.74 Å². The van der Waals surface area contributed by atoms with E-state index in [4.69, 9.17) is 9.63 Å². The first-order valence-corrected chi connectivity index (χ1v) is 7.48. The molecule has 8 nitrogen and oxygen atoms in total. The van der Waals surface area contributed by atoms with Crippen molar-refractivity contribution < 1.29 is 18.7 Å². The van der Waals surface area contributed by atoms with E-state index >= 15 is 0 Å². The van der Waals surface area contributed by atoms with E-state index in [-0.39, 0.29) is 11.9 Å². The van der Waals surface area contributed by atoms with Crippen molar-refractivity contribution in [3.63, 3.8) is 0 Å². The van der Waals surface area contributed by atoms with Crippen LogP contribution < -0.4 is 11.2 Å². The standard InChI is InChI=1S/C10H13N2O6PS/c1-5-3-12(10(14)11-9(5)13)8-2-7(20)6(18-8)4-17-19(15)16/h3,6-8H,2,4H2,1H3,(H2-,11,13,14,15,16,20)/p+1/t6-,7+,8-/m1/s1. The monoisotopic (exact) mass is 321 g/mol. The lowest BCUT2D eigenvalue weighted by atomic mass is 10.2. The number of aromatic amines is 1. The maximum atomic E-state index is 11.7. The molecule has 110 valence electrons. The van der Waals surface area contributed by atoms with Crippen LogP contribution in [0.25, 0.3) is 0 Å². The average Bonchev–Trinajstić information content (AvgIpc) is 2.72. The second kappa shape index (κ2) is 6.19. The van der Waals surface area contributed by atoms with Gasteiger partial charge in [0.25, 0.3) is 5.56 Å². The molecule has 2 N–H and O–H groups in total. The summed E-state index contributed by atoms with van der Waals surface area (Å²) in [4.78, 5) is 33.8. The highest BCUT2D eigenvalue weighted by atomic mass is 32.1. The number of rotatable bonds is 4. The number of hydrogen-bond donors (Lipinski definition) is 3. The lowest BCUT2D eigenvalue weighted by Crippen LogP contribution is -2.33. The maximum absolute atomic E-state index is 11.7. The molecule has 0 spiro atoms. The zero-order valence-corrected chi connectivity index (χ0v) is 12.3. The zero-order chi connectivity index (χ0) is 14.9. The van der Waals surface area contributed by atoms with Crippen LogP contribution in [0.4, 0.5) is 0 Å². The summed E-state index contributed by atoms with van der Waals surface area (Å²) < 4.78 is 22.0. The van der Waals surface area contributed by atoms with Crippen molar-refractivity contribution in [3.05, 3.63) is 32.6 Å². The Labute approximate surface area is 120 Å². The predicted molar refractivity (Wildman–Crippen MR) is 73.1 cm³/mol. The van der Waals surface area contributed by atoms with Crippen molar-refractivity contribution in [2.75, 3.05) is 6.61 Å².